The molecule has 0 bridgehead atoms. The molecule has 0 spiro atoms. The van der Waals surface area contributed by atoms with Crippen LogP contribution in [0, 0.1) is 0 Å². The van der Waals surface area contributed by atoms with E-state index in [-0.39, 0.29) is 5.97 Å². The predicted molar refractivity (Wildman–Crippen MR) is 116 cm³/mol. The lowest BCUT2D eigenvalue weighted by Gasteiger charge is -2.09. The molecule has 0 saturated carbocycles. The van der Waals surface area contributed by atoms with E-state index >= 15 is 0 Å². The van der Waals surface area contributed by atoms with Gasteiger partial charge in [0.05, 0.1) is 13.7 Å². The lowest BCUT2D eigenvalue weighted by atomic mass is 10.0. The van der Waals surface area contributed by atoms with Crippen molar-refractivity contribution >= 4 is 51.3 Å². The number of rotatable bonds is 9. The third-order valence-corrected chi connectivity index (χ3v) is 6.46. The van der Waals surface area contributed by atoms with Gasteiger partial charge in [-0.3, -0.25) is 0 Å². The molecule has 27 heavy (non-hydrogen) atoms. The average molecular weight is 444 g/mol. The highest BCUT2D eigenvalue weighted by molar-refractivity contribution is 7.64. The highest BCUT2D eigenvalue weighted by atomic mass is 35.8. The molecule has 2 aromatic rings. The number of unbranched alkanes of at least 4 members (excludes halogenated alkanes) is 1. The maximum atomic E-state index is 11.1. The Morgan fingerprint density at radius 1 is 0.963 bits per heavy atom. The Bertz CT molecular complexity index is 754. The SMILES string of the molecule is COC(=O)/C=C/c1ccc(-c2ccc(OCCCC[Si](Cl)(Cl)Cl)cc2)cc1. The van der Waals surface area contributed by atoms with Crippen molar-refractivity contribution in [1.82, 2.24) is 0 Å². The van der Waals surface area contributed by atoms with Crippen molar-refractivity contribution in [1.29, 1.82) is 0 Å². The van der Waals surface area contributed by atoms with E-state index in [0.29, 0.717) is 12.7 Å². The van der Waals surface area contributed by atoms with Crippen molar-refractivity contribution in [3.05, 3.63) is 60.2 Å². The zero-order valence-corrected chi connectivity index (χ0v) is 18.2. The molecule has 0 aromatic heterocycles. The average Bonchev–Trinajstić information content (AvgIpc) is 2.66. The quantitative estimate of drug-likeness (QED) is 0.149. The zero-order chi connectivity index (χ0) is 19.7. The highest BCUT2D eigenvalue weighted by Crippen LogP contribution is 2.27. The first kappa shape index (κ1) is 21.8. The second kappa shape index (κ2) is 10.8. The molecular weight excluding hydrogens is 423 g/mol. The van der Waals surface area contributed by atoms with Crippen molar-refractivity contribution < 1.29 is 14.3 Å². The Labute approximate surface area is 175 Å². The molecule has 7 heteroatoms. The summed E-state index contributed by atoms with van der Waals surface area (Å²) in [6, 6.07) is 14.0. The lowest BCUT2D eigenvalue weighted by Crippen LogP contribution is -2.09. The van der Waals surface area contributed by atoms with Gasteiger partial charge in [0.15, 0.2) is 0 Å². The largest absolute Gasteiger partial charge is 0.494 e. The smallest absolute Gasteiger partial charge is 0.341 e. The normalized spacial score (nSPS) is 11.6. The maximum Gasteiger partial charge on any atom is 0.341 e. The second-order valence-electron chi connectivity index (χ2n) is 5.92. The van der Waals surface area contributed by atoms with E-state index in [1.54, 1.807) is 6.08 Å². The molecule has 0 unspecified atom stereocenters. The van der Waals surface area contributed by atoms with Crippen LogP contribution in [-0.4, -0.2) is 25.7 Å². The number of esters is 1. The topological polar surface area (TPSA) is 35.5 Å². The van der Waals surface area contributed by atoms with Gasteiger partial charge in [-0.15, -0.1) is 33.2 Å². The van der Waals surface area contributed by atoms with E-state index < -0.39 is 6.00 Å². The van der Waals surface area contributed by atoms with Crippen molar-refractivity contribution in [2.24, 2.45) is 0 Å². The summed E-state index contributed by atoms with van der Waals surface area (Å²) in [6.07, 6.45) is 4.84. The number of hydrogen-bond donors (Lipinski definition) is 0. The van der Waals surface area contributed by atoms with Gasteiger partial charge >= 0.3 is 12.0 Å². The van der Waals surface area contributed by atoms with E-state index in [9.17, 15) is 4.79 Å². The first-order valence-electron chi connectivity index (χ1n) is 8.53. The summed E-state index contributed by atoms with van der Waals surface area (Å²) in [5.74, 6) is 0.451. The van der Waals surface area contributed by atoms with Crippen LogP contribution in [0.15, 0.2) is 54.6 Å². The van der Waals surface area contributed by atoms with E-state index in [1.807, 2.05) is 48.5 Å². The summed E-state index contributed by atoms with van der Waals surface area (Å²) in [6.45, 7) is 0.607. The summed E-state index contributed by atoms with van der Waals surface area (Å²) in [4.78, 5) is 11.1. The van der Waals surface area contributed by atoms with Crippen LogP contribution >= 0.6 is 33.2 Å². The van der Waals surface area contributed by atoms with Crippen LogP contribution in [0.5, 0.6) is 5.75 Å². The van der Waals surface area contributed by atoms with Gasteiger partial charge in [-0.1, -0.05) is 36.4 Å². The molecule has 0 amide bonds. The number of hydrogen-bond acceptors (Lipinski definition) is 3. The van der Waals surface area contributed by atoms with Crippen molar-refractivity contribution in [3.8, 4) is 16.9 Å². The Kier molecular flexibility index (Phi) is 8.70. The molecule has 0 radical (unpaired) electrons. The summed E-state index contributed by atoms with van der Waals surface area (Å²) < 4.78 is 10.3. The van der Waals surface area contributed by atoms with Crippen LogP contribution < -0.4 is 4.74 Å². The third-order valence-electron chi connectivity index (χ3n) is 3.83. The van der Waals surface area contributed by atoms with Gasteiger partial charge in [0.25, 0.3) is 0 Å². The molecule has 0 aliphatic carbocycles. The minimum absolute atomic E-state index is 0.371. The fourth-order valence-corrected chi connectivity index (χ4v) is 4.23. The lowest BCUT2D eigenvalue weighted by molar-refractivity contribution is -0.134. The van der Waals surface area contributed by atoms with Crippen LogP contribution in [0.25, 0.3) is 17.2 Å². The fourth-order valence-electron chi connectivity index (χ4n) is 2.38. The molecule has 0 saturated heterocycles. The predicted octanol–water partition coefficient (Wildman–Crippen LogP) is 6.35. The summed E-state index contributed by atoms with van der Waals surface area (Å²) >= 11 is 17.6. The Morgan fingerprint density at radius 3 is 2.11 bits per heavy atom. The van der Waals surface area contributed by atoms with Gasteiger partial charge in [0.2, 0.25) is 0 Å². The first-order valence-corrected chi connectivity index (χ1v) is 13.8. The number of carbonyl (C=O) groups is 1. The Morgan fingerprint density at radius 2 is 1.56 bits per heavy atom. The van der Waals surface area contributed by atoms with Gasteiger partial charge in [-0.2, -0.15) is 0 Å². The number of methoxy groups -OCH3 is 1. The van der Waals surface area contributed by atoms with E-state index in [2.05, 4.69) is 4.74 Å². The van der Waals surface area contributed by atoms with Crippen LogP contribution in [0.2, 0.25) is 6.04 Å². The van der Waals surface area contributed by atoms with Gasteiger partial charge in [-0.25, -0.2) is 4.79 Å². The van der Waals surface area contributed by atoms with Crippen molar-refractivity contribution in [3.63, 3.8) is 0 Å². The monoisotopic (exact) mass is 442 g/mol. The second-order valence-corrected chi connectivity index (χ2v) is 15.2. The minimum atomic E-state index is -2.51. The van der Waals surface area contributed by atoms with Gasteiger partial charge in [0, 0.05) is 6.08 Å². The molecule has 144 valence electrons. The number of benzene rings is 2. The van der Waals surface area contributed by atoms with Gasteiger partial charge < -0.3 is 9.47 Å². The Balaban J connectivity index is 1.85. The third kappa shape index (κ3) is 8.39. The minimum Gasteiger partial charge on any atom is -0.494 e. The number of carbonyl (C=O) groups excluding carboxylic acids is 1. The van der Waals surface area contributed by atoms with Gasteiger partial charge in [0.1, 0.15) is 5.75 Å². The molecule has 0 N–H and O–H groups in total. The van der Waals surface area contributed by atoms with Crippen LogP contribution in [0.4, 0.5) is 0 Å². The van der Waals surface area contributed by atoms with E-state index in [1.165, 1.54) is 13.2 Å². The highest BCUT2D eigenvalue weighted by Gasteiger charge is 2.23. The van der Waals surface area contributed by atoms with E-state index in [4.69, 9.17) is 38.0 Å². The molecule has 0 heterocycles. The van der Waals surface area contributed by atoms with E-state index in [0.717, 1.165) is 35.3 Å². The number of halogens is 3. The first-order chi connectivity index (χ1) is 12.9. The van der Waals surface area contributed by atoms with Crippen molar-refractivity contribution in [2.45, 2.75) is 18.9 Å². The summed E-state index contributed by atoms with van der Waals surface area (Å²) in [5, 5.41) is 0. The molecule has 0 fully saturated rings. The summed E-state index contributed by atoms with van der Waals surface area (Å²) in [7, 11) is 1.36. The summed E-state index contributed by atoms with van der Waals surface area (Å²) in [5.41, 5.74) is 3.11. The molecule has 3 nitrogen and oxygen atoms in total. The van der Waals surface area contributed by atoms with Crippen molar-refractivity contribution in [2.75, 3.05) is 13.7 Å². The molecule has 0 aliphatic heterocycles. The molecule has 0 aliphatic rings. The van der Waals surface area contributed by atoms with Crippen LogP contribution in [0.1, 0.15) is 18.4 Å². The van der Waals surface area contributed by atoms with Crippen LogP contribution in [-0.2, 0) is 9.53 Å². The molecular formula is C20H21Cl3O3Si. The molecule has 2 aromatic carbocycles. The molecule has 2 rings (SSSR count). The zero-order valence-electron chi connectivity index (χ0n) is 15.0. The maximum absolute atomic E-state index is 11.1. The fraction of sp³-hybridized carbons (Fsp3) is 0.250. The number of ether oxygens (including phenoxy) is 2. The van der Waals surface area contributed by atoms with Gasteiger partial charge in [-0.05, 0) is 53.8 Å². The Hall–Kier alpha value is -1.46. The molecule has 0 atom stereocenters. The van der Waals surface area contributed by atoms with Crippen LogP contribution in [0.3, 0.4) is 0 Å². The standard InChI is InChI=1S/C20H21Cl3O3Si/c1-25-20(24)13-6-16-4-7-17(8-5-16)18-9-11-19(12-10-18)26-14-2-3-15-27(21,22)23/h4-13H,2-3,14-15H2,1H3/b13-6+.